The Bertz CT molecular complexity index is 1230. The third-order valence-corrected chi connectivity index (χ3v) is 4.97. The van der Waals surface area contributed by atoms with Crippen molar-refractivity contribution < 1.29 is 33.5 Å². The molecule has 0 aliphatic carbocycles. The molecule has 0 bridgehead atoms. The highest BCUT2D eigenvalue weighted by atomic mass is 16.7. The molecule has 12 nitrogen and oxygen atoms in total. The molecule has 0 radical (unpaired) electrons. The van der Waals surface area contributed by atoms with Gasteiger partial charge >= 0.3 is 5.76 Å². The van der Waals surface area contributed by atoms with E-state index in [0.29, 0.717) is 29.2 Å². The summed E-state index contributed by atoms with van der Waals surface area (Å²) < 4.78 is 22.4. The minimum atomic E-state index is -0.921. The quantitative estimate of drug-likeness (QED) is 0.339. The zero-order chi connectivity index (χ0) is 23.4. The van der Waals surface area contributed by atoms with E-state index in [1.807, 2.05) is 0 Å². The number of aryl methyl sites for hydroxylation is 1. The van der Waals surface area contributed by atoms with E-state index >= 15 is 0 Å². The van der Waals surface area contributed by atoms with Gasteiger partial charge in [-0.1, -0.05) is 0 Å². The molecule has 0 saturated carbocycles. The summed E-state index contributed by atoms with van der Waals surface area (Å²) in [7, 11) is 0. The average Bonchev–Trinajstić information content (AvgIpc) is 3.39. The van der Waals surface area contributed by atoms with Crippen molar-refractivity contribution in [3.63, 3.8) is 0 Å². The highest BCUT2D eigenvalue weighted by Crippen LogP contribution is 2.35. The Morgan fingerprint density at radius 3 is 2.88 bits per heavy atom. The number of carbonyl (C=O) groups excluding carboxylic acids is 1. The summed E-state index contributed by atoms with van der Waals surface area (Å²) in [6.45, 7) is 0.332. The van der Waals surface area contributed by atoms with Crippen LogP contribution in [0.15, 0.2) is 45.6 Å². The fraction of sp³-hybridized carbons (Fsp3) is 0.333. The molecule has 3 aromatic rings. The summed E-state index contributed by atoms with van der Waals surface area (Å²) >= 11 is 0. The Hall–Kier alpha value is -4.06. The number of carbonyl (C=O) groups is 1. The Kier molecular flexibility index (Phi) is 6.45. The van der Waals surface area contributed by atoms with Crippen molar-refractivity contribution in [3.8, 4) is 17.2 Å². The lowest BCUT2D eigenvalue weighted by atomic mass is 10.2. The number of aromatic nitrogens is 1. The van der Waals surface area contributed by atoms with Crippen LogP contribution in [0.2, 0.25) is 0 Å². The first kappa shape index (κ1) is 22.1. The summed E-state index contributed by atoms with van der Waals surface area (Å²) in [5.74, 6) is 0.753. The largest absolute Gasteiger partial charge is 0.491 e. The van der Waals surface area contributed by atoms with Crippen LogP contribution in [0.3, 0.4) is 0 Å². The van der Waals surface area contributed by atoms with Crippen molar-refractivity contribution in [1.82, 2.24) is 9.88 Å². The van der Waals surface area contributed by atoms with Gasteiger partial charge in [-0.3, -0.25) is 19.5 Å². The number of oxazole rings is 1. The van der Waals surface area contributed by atoms with Gasteiger partial charge in [-0.2, -0.15) is 0 Å². The SMILES string of the molecule is O=C(CCCn1c(=O)oc2cc([N+](=O)[O-])ccc21)NCC(O)COc1ccc2c(c1)OCO2. The number of fused-ring (bicyclic) bond motifs is 2. The van der Waals surface area contributed by atoms with Gasteiger partial charge in [0, 0.05) is 31.6 Å². The molecule has 1 aromatic heterocycles. The number of nitro benzene ring substituents is 1. The fourth-order valence-corrected chi connectivity index (χ4v) is 3.32. The lowest BCUT2D eigenvalue weighted by Crippen LogP contribution is -2.35. The molecule has 12 heteroatoms. The number of rotatable bonds is 10. The van der Waals surface area contributed by atoms with Crippen LogP contribution in [0.25, 0.3) is 11.1 Å². The Morgan fingerprint density at radius 1 is 1.24 bits per heavy atom. The van der Waals surface area contributed by atoms with Crippen molar-refractivity contribution in [3.05, 3.63) is 57.1 Å². The number of nitro groups is 1. The molecule has 1 amide bonds. The molecule has 1 atom stereocenters. The van der Waals surface area contributed by atoms with E-state index in [1.165, 1.54) is 22.8 Å². The zero-order valence-corrected chi connectivity index (χ0v) is 17.4. The van der Waals surface area contributed by atoms with Gasteiger partial charge in [0.25, 0.3) is 5.69 Å². The van der Waals surface area contributed by atoms with Crippen molar-refractivity contribution >= 4 is 22.7 Å². The predicted molar refractivity (Wildman–Crippen MR) is 113 cm³/mol. The monoisotopic (exact) mass is 459 g/mol. The maximum Gasteiger partial charge on any atom is 0.419 e. The molecule has 2 heterocycles. The highest BCUT2D eigenvalue weighted by Gasteiger charge is 2.16. The maximum atomic E-state index is 12.1. The van der Waals surface area contributed by atoms with Gasteiger partial charge in [0.1, 0.15) is 18.5 Å². The van der Waals surface area contributed by atoms with Gasteiger partial charge in [-0.25, -0.2) is 4.79 Å². The van der Waals surface area contributed by atoms with E-state index in [1.54, 1.807) is 18.2 Å². The van der Waals surface area contributed by atoms with Gasteiger partial charge in [-0.05, 0) is 24.6 Å². The summed E-state index contributed by atoms with van der Waals surface area (Å²) in [5.41, 5.74) is 0.357. The van der Waals surface area contributed by atoms with Crippen LogP contribution < -0.4 is 25.3 Å². The van der Waals surface area contributed by atoms with Crippen molar-refractivity contribution in [1.29, 1.82) is 0 Å². The molecular formula is C21H21N3O9. The molecule has 33 heavy (non-hydrogen) atoms. The highest BCUT2D eigenvalue weighted by molar-refractivity contribution is 5.76. The molecule has 2 aromatic carbocycles. The molecule has 2 N–H and O–H groups in total. The predicted octanol–water partition coefficient (Wildman–Crippen LogP) is 1.57. The van der Waals surface area contributed by atoms with Crippen LogP contribution in [-0.4, -0.2) is 46.6 Å². The second-order valence-corrected chi connectivity index (χ2v) is 7.32. The van der Waals surface area contributed by atoms with Crippen LogP contribution in [0, 0.1) is 10.1 Å². The first-order chi connectivity index (χ1) is 15.9. The van der Waals surface area contributed by atoms with E-state index < -0.39 is 16.8 Å². The van der Waals surface area contributed by atoms with Gasteiger partial charge in [-0.15, -0.1) is 0 Å². The van der Waals surface area contributed by atoms with Gasteiger partial charge in [0.05, 0.1) is 16.5 Å². The Labute approximate surface area is 186 Å². The molecular weight excluding hydrogens is 438 g/mol. The topological polar surface area (TPSA) is 155 Å². The number of nitrogens with zero attached hydrogens (tertiary/aromatic N) is 2. The van der Waals surface area contributed by atoms with E-state index in [-0.39, 0.29) is 50.1 Å². The molecule has 1 unspecified atom stereocenters. The van der Waals surface area contributed by atoms with E-state index in [4.69, 9.17) is 18.6 Å². The molecule has 0 fully saturated rings. The number of hydrogen-bond acceptors (Lipinski definition) is 9. The maximum absolute atomic E-state index is 12.1. The number of hydrogen-bond donors (Lipinski definition) is 2. The summed E-state index contributed by atoms with van der Waals surface area (Å²) in [6, 6.07) is 8.98. The van der Waals surface area contributed by atoms with Crippen LogP contribution in [-0.2, 0) is 11.3 Å². The smallest absolute Gasteiger partial charge is 0.419 e. The van der Waals surface area contributed by atoms with Crippen LogP contribution >= 0.6 is 0 Å². The van der Waals surface area contributed by atoms with Crippen molar-refractivity contribution in [2.45, 2.75) is 25.5 Å². The number of non-ortho nitro benzene ring substituents is 1. The van der Waals surface area contributed by atoms with Gasteiger partial charge < -0.3 is 29.1 Å². The second-order valence-electron chi connectivity index (χ2n) is 7.32. The van der Waals surface area contributed by atoms with E-state index in [0.717, 1.165) is 0 Å². The summed E-state index contributed by atoms with van der Waals surface area (Å²) in [5, 5.41) is 23.5. The number of aliphatic hydroxyl groups excluding tert-OH is 1. The molecule has 0 saturated heterocycles. The third kappa shape index (κ3) is 5.23. The van der Waals surface area contributed by atoms with Crippen LogP contribution in [0.5, 0.6) is 17.2 Å². The Balaban J connectivity index is 1.20. The second kappa shape index (κ2) is 9.61. The van der Waals surface area contributed by atoms with Crippen molar-refractivity contribution in [2.75, 3.05) is 19.9 Å². The number of benzene rings is 2. The number of amides is 1. The van der Waals surface area contributed by atoms with Crippen LogP contribution in [0.1, 0.15) is 12.8 Å². The van der Waals surface area contributed by atoms with E-state index in [9.17, 15) is 24.8 Å². The normalized spacial score (nSPS) is 13.1. The lowest BCUT2D eigenvalue weighted by molar-refractivity contribution is -0.384. The lowest BCUT2D eigenvalue weighted by Gasteiger charge is -2.13. The first-order valence-electron chi connectivity index (χ1n) is 10.2. The number of aliphatic hydroxyl groups is 1. The van der Waals surface area contributed by atoms with Crippen LogP contribution in [0.4, 0.5) is 5.69 Å². The number of nitrogens with one attached hydrogen (secondary N) is 1. The zero-order valence-electron chi connectivity index (χ0n) is 17.4. The Morgan fingerprint density at radius 2 is 2.06 bits per heavy atom. The average molecular weight is 459 g/mol. The molecule has 174 valence electrons. The van der Waals surface area contributed by atoms with E-state index in [2.05, 4.69) is 5.32 Å². The molecule has 1 aliphatic heterocycles. The van der Waals surface area contributed by atoms with Gasteiger partial charge in [0.15, 0.2) is 17.1 Å². The number of ether oxygens (including phenoxy) is 3. The summed E-state index contributed by atoms with van der Waals surface area (Å²) in [4.78, 5) is 34.4. The molecule has 0 spiro atoms. The standard InChI is InChI=1S/C21H21N3O9/c25-14(11-30-15-4-6-17-19(9-15)32-12-31-17)10-22-20(26)2-1-7-23-16-5-3-13(24(28)29)8-18(16)33-21(23)27/h3-6,8-9,14,25H,1-2,7,10-12H2,(H,22,26). The molecule has 4 rings (SSSR count). The third-order valence-electron chi connectivity index (χ3n) is 4.97. The van der Waals surface area contributed by atoms with Crippen molar-refractivity contribution in [2.24, 2.45) is 0 Å². The fourth-order valence-electron chi connectivity index (χ4n) is 3.32. The van der Waals surface area contributed by atoms with Gasteiger partial charge in [0.2, 0.25) is 12.7 Å². The molecule has 1 aliphatic rings. The summed E-state index contributed by atoms with van der Waals surface area (Å²) in [6.07, 6.45) is -0.473. The first-order valence-corrected chi connectivity index (χ1v) is 10.2. The minimum Gasteiger partial charge on any atom is -0.491 e. The minimum absolute atomic E-state index is 0.00163.